The van der Waals surface area contributed by atoms with Gasteiger partial charge in [-0.05, 0) is 40.9 Å². The average Bonchev–Trinajstić information content (AvgIpc) is 2.83. The zero-order valence-electron chi connectivity index (χ0n) is 10.7. The van der Waals surface area contributed by atoms with Gasteiger partial charge in [0.15, 0.2) is 5.82 Å². The molecule has 0 bridgehead atoms. The van der Waals surface area contributed by atoms with E-state index in [9.17, 15) is 9.18 Å². The highest BCUT2D eigenvalue weighted by atomic mass is 79.9. The van der Waals surface area contributed by atoms with Crippen molar-refractivity contribution < 1.29 is 14.3 Å². The Kier molecular flexibility index (Phi) is 4.29. The van der Waals surface area contributed by atoms with E-state index < -0.39 is 17.3 Å². The van der Waals surface area contributed by atoms with E-state index >= 15 is 0 Å². The minimum absolute atomic E-state index is 0.0376. The van der Waals surface area contributed by atoms with Crippen molar-refractivity contribution in [3.05, 3.63) is 28.0 Å². The molecule has 1 aliphatic rings. The molecule has 1 saturated carbocycles. The number of nitrogens with one attached hydrogen (secondary N) is 1. The van der Waals surface area contributed by atoms with Gasteiger partial charge in [-0.2, -0.15) is 5.26 Å². The summed E-state index contributed by atoms with van der Waals surface area (Å²) in [7, 11) is 0. The SMILES string of the molecule is N#Cc1ccc(NC2(CC(=O)O)CCCC2)c(F)c1Br. The molecule has 20 heavy (non-hydrogen) atoms. The summed E-state index contributed by atoms with van der Waals surface area (Å²) >= 11 is 3.06. The maximum atomic E-state index is 14.2. The minimum Gasteiger partial charge on any atom is -0.481 e. The summed E-state index contributed by atoms with van der Waals surface area (Å²) < 4.78 is 14.3. The van der Waals surface area contributed by atoms with Gasteiger partial charge in [0, 0.05) is 5.54 Å². The molecule has 0 unspecified atom stereocenters. The first kappa shape index (κ1) is 14.8. The zero-order valence-corrected chi connectivity index (χ0v) is 12.3. The quantitative estimate of drug-likeness (QED) is 0.877. The van der Waals surface area contributed by atoms with Crippen LogP contribution in [0.4, 0.5) is 10.1 Å². The van der Waals surface area contributed by atoms with Gasteiger partial charge in [-0.3, -0.25) is 4.79 Å². The number of halogens is 2. The van der Waals surface area contributed by atoms with Gasteiger partial charge in [0.05, 0.1) is 22.1 Å². The number of aliphatic carboxylic acids is 1. The van der Waals surface area contributed by atoms with E-state index in [1.165, 1.54) is 12.1 Å². The van der Waals surface area contributed by atoms with E-state index in [0.717, 1.165) is 12.8 Å². The van der Waals surface area contributed by atoms with Crippen molar-refractivity contribution in [3.63, 3.8) is 0 Å². The third kappa shape index (κ3) is 2.93. The summed E-state index contributed by atoms with van der Waals surface area (Å²) in [4.78, 5) is 11.0. The molecule has 0 amide bonds. The number of carboxylic acids is 1. The molecule has 1 aromatic rings. The minimum atomic E-state index is -0.896. The van der Waals surface area contributed by atoms with E-state index in [4.69, 9.17) is 10.4 Å². The van der Waals surface area contributed by atoms with Gasteiger partial charge in [0.1, 0.15) is 6.07 Å². The van der Waals surface area contributed by atoms with Crippen molar-refractivity contribution in [2.75, 3.05) is 5.32 Å². The first-order valence-corrected chi connectivity index (χ1v) is 7.15. The number of carbonyl (C=O) groups is 1. The van der Waals surface area contributed by atoms with Gasteiger partial charge in [0.25, 0.3) is 0 Å². The van der Waals surface area contributed by atoms with E-state index in [2.05, 4.69) is 21.2 Å². The predicted octanol–water partition coefficient (Wildman–Crippen LogP) is 3.66. The van der Waals surface area contributed by atoms with Gasteiger partial charge in [-0.15, -0.1) is 0 Å². The highest BCUT2D eigenvalue weighted by Crippen LogP contribution is 2.38. The van der Waals surface area contributed by atoms with Crippen LogP contribution in [0.3, 0.4) is 0 Å². The van der Waals surface area contributed by atoms with Crippen LogP contribution in [0.25, 0.3) is 0 Å². The molecule has 0 saturated heterocycles. The fraction of sp³-hybridized carbons (Fsp3) is 0.429. The predicted molar refractivity (Wildman–Crippen MR) is 75.9 cm³/mol. The summed E-state index contributed by atoms with van der Waals surface area (Å²) in [5, 5.41) is 20.9. The number of carboxylic acid groups (broad SMARTS) is 1. The van der Waals surface area contributed by atoms with Crippen LogP contribution in [0.5, 0.6) is 0 Å². The van der Waals surface area contributed by atoms with Crippen molar-refractivity contribution >= 4 is 27.6 Å². The van der Waals surface area contributed by atoms with Crippen LogP contribution in [0.15, 0.2) is 16.6 Å². The van der Waals surface area contributed by atoms with Crippen LogP contribution in [0, 0.1) is 17.1 Å². The number of nitriles is 1. The summed E-state index contributed by atoms with van der Waals surface area (Å²) in [6.45, 7) is 0. The molecule has 106 valence electrons. The number of anilines is 1. The molecular formula is C14H14BrFN2O2. The Morgan fingerprint density at radius 3 is 2.70 bits per heavy atom. The van der Waals surface area contributed by atoms with E-state index in [1.54, 1.807) is 0 Å². The average molecular weight is 341 g/mol. The molecule has 2 N–H and O–H groups in total. The topological polar surface area (TPSA) is 73.1 Å². The smallest absolute Gasteiger partial charge is 0.305 e. The third-order valence-electron chi connectivity index (χ3n) is 3.65. The summed E-state index contributed by atoms with van der Waals surface area (Å²) in [5.74, 6) is -1.45. The standard InChI is InChI=1S/C14H14BrFN2O2/c15-12-9(8-17)3-4-10(13(12)16)18-14(7-11(19)20)5-1-2-6-14/h3-4,18H,1-2,5-7H2,(H,19,20). The molecule has 0 atom stereocenters. The lowest BCUT2D eigenvalue weighted by Gasteiger charge is -2.30. The van der Waals surface area contributed by atoms with Crippen LogP contribution in [0.1, 0.15) is 37.7 Å². The lowest BCUT2D eigenvalue weighted by molar-refractivity contribution is -0.138. The summed E-state index contributed by atoms with van der Waals surface area (Å²) in [5.41, 5.74) is -0.147. The maximum absolute atomic E-state index is 14.2. The van der Waals surface area contributed by atoms with Crippen LogP contribution in [-0.4, -0.2) is 16.6 Å². The molecule has 0 aromatic heterocycles. The highest BCUT2D eigenvalue weighted by molar-refractivity contribution is 9.10. The molecule has 0 radical (unpaired) electrons. The zero-order chi connectivity index (χ0) is 14.8. The molecule has 1 fully saturated rings. The third-order valence-corrected chi connectivity index (χ3v) is 4.43. The van der Waals surface area contributed by atoms with Crippen LogP contribution in [0.2, 0.25) is 0 Å². The number of rotatable bonds is 4. The van der Waals surface area contributed by atoms with Gasteiger partial charge < -0.3 is 10.4 Å². The molecule has 0 spiro atoms. The number of benzene rings is 1. The van der Waals surface area contributed by atoms with Crippen LogP contribution in [-0.2, 0) is 4.79 Å². The van der Waals surface area contributed by atoms with Crippen LogP contribution < -0.4 is 5.32 Å². The Hall–Kier alpha value is -1.61. The van der Waals surface area contributed by atoms with Crippen molar-refractivity contribution in [3.8, 4) is 6.07 Å². The molecule has 2 rings (SSSR count). The first-order valence-electron chi connectivity index (χ1n) is 6.35. The van der Waals surface area contributed by atoms with Crippen molar-refractivity contribution in [1.29, 1.82) is 5.26 Å². The Balaban J connectivity index is 2.30. The molecule has 6 heteroatoms. The summed E-state index contributed by atoms with van der Waals surface area (Å²) in [6, 6.07) is 4.89. The Morgan fingerprint density at radius 2 is 2.15 bits per heavy atom. The highest BCUT2D eigenvalue weighted by Gasteiger charge is 2.36. The van der Waals surface area contributed by atoms with Gasteiger partial charge in [0.2, 0.25) is 0 Å². The molecule has 4 nitrogen and oxygen atoms in total. The fourth-order valence-corrected chi connectivity index (χ4v) is 3.14. The van der Waals surface area contributed by atoms with Gasteiger partial charge in [-0.25, -0.2) is 4.39 Å². The molecule has 0 heterocycles. The van der Waals surface area contributed by atoms with Crippen LogP contribution >= 0.6 is 15.9 Å². The Labute approximate surface area is 124 Å². The summed E-state index contributed by atoms with van der Waals surface area (Å²) in [6.07, 6.45) is 3.23. The van der Waals surface area contributed by atoms with Crippen molar-refractivity contribution in [2.24, 2.45) is 0 Å². The number of hydrogen-bond acceptors (Lipinski definition) is 3. The van der Waals surface area contributed by atoms with Crippen molar-refractivity contribution in [1.82, 2.24) is 0 Å². The van der Waals surface area contributed by atoms with Crippen molar-refractivity contribution in [2.45, 2.75) is 37.6 Å². The fourth-order valence-electron chi connectivity index (χ4n) is 2.71. The Morgan fingerprint density at radius 1 is 1.50 bits per heavy atom. The molecule has 1 aromatic carbocycles. The largest absolute Gasteiger partial charge is 0.481 e. The normalized spacial score (nSPS) is 16.6. The number of nitrogens with zero attached hydrogens (tertiary/aromatic N) is 1. The maximum Gasteiger partial charge on any atom is 0.305 e. The molecular weight excluding hydrogens is 327 g/mol. The van der Waals surface area contributed by atoms with Gasteiger partial charge in [-0.1, -0.05) is 12.8 Å². The first-order chi connectivity index (χ1) is 9.47. The second kappa shape index (κ2) is 5.80. The number of hydrogen-bond donors (Lipinski definition) is 2. The monoisotopic (exact) mass is 340 g/mol. The van der Waals surface area contributed by atoms with E-state index in [0.29, 0.717) is 12.8 Å². The lowest BCUT2D eigenvalue weighted by Crippen LogP contribution is -2.37. The molecule has 1 aliphatic carbocycles. The van der Waals surface area contributed by atoms with E-state index in [1.807, 2.05) is 6.07 Å². The Bertz CT molecular complexity index is 577. The van der Waals surface area contributed by atoms with Gasteiger partial charge >= 0.3 is 5.97 Å². The van der Waals surface area contributed by atoms with E-state index in [-0.39, 0.29) is 22.1 Å². The second-order valence-electron chi connectivity index (χ2n) is 5.08. The second-order valence-corrected chi connectivity index (χ2v) is 5.88. The lowest BCUT2D eigenvalue weighted by atomic mass is 9.92. The molecule has 0 aliphatic heterocycles.